The van der Waals surface area contributed by atoms with Crippen molar-refractivity contribution in [1.29, 1.82) is 0 Å². The molecule has 1 unspecified atom stereocenters. The van der Waals surface area contributed by atoms with E-state index in [9.17, 15) is 17.6 Å². The maximum Gasteiger partial charge on any atom is 0.410 e. The van der Waals surface area contributed by atoms with E-state index in [1.54, 1.807) is 26.1 Å². The zero-order valence-electron chi connectivity index (χ0n) is 26.3. The van der Waals surface area contributed by atoms with Gasteiger partial charge in [0.2, 0.25) is 0 Å². The Labute approximate surface area is 255 Å². The van der Waals surface area contributed by atoms with Crippen molar-refractivity contribution in [3.05, 3.63) is 53.7 Å². The van der Waals surface area contributed by atoms with Crippen LogP contribution in [0.5, 0.6) is 0 Å². The lowest BCUT2D eigenvalue weighted by Gasteiger charge is -2.34. The van der Waals surface area contributed by atoms with Crippen molar-refractivity contribution in [2.75, 3.05) is 32.7 Å². The number of likely N-dealkylation sites (tertiary alicyclic amines) is 2. The van der Waals surface area contributed by atoms with Crippen LogP contribution in [0, 0.1) is 24.6 Å². The quantitative estimate of drug-likeness (QED) is 0.318. The number of hydrogen-bond donors (Lipinski definition) is 0. The third-order valence-electron chi connectivity index (χ3n) is 8.75. The maximum absolute atomic E-state index is 14.3. The van der Waals surface area contributed by atoms with E-state index in [2.05, 4.69) is 9.88 Å². The standard InChI is InChI=1S/C33H45FN4O4S/c1-22(2)43(40,41)30-16-27(34)7-8-28(30)38-21-26(31-23(3)17-35-18-29(31)38)15-25-9-12-36(20-25)19-24-10-13-37(14-11-24)32(39)42-33(4,5)6/h7-8,16-18,21-22,24-25H,9-15,19-20H2,1-6H3. The van der Waals surface area contributed by atoms with Gasteiger partial charge in [0.25, 0.3) is 0 Å². The first kappa shape index (κ1) is 31.4. The molecule has 1 atom stereocenters. The molecule has 2 aliphatic heterocycles. The number of pyridine rings is 1. The number of benzene rings is 1. The number of aromatic nitrogens is 2. The number of carbonyl (C=O) groups is 1. The van der Waals surface area contributed by atoms with Crippen LogP contribution in [0.1, 0.15) is 65.0 Å². The second kappa shape index (κ2) is 12.2. The summed E-state index contributed by atoms with van der Waals surface area (Å²) in [6.45, 7) is 15.5. The molecular weight excluding hydrogens is 567 g/mol. The molecule has 5 rings (SSSR count). The van der Waals surface area contributed by atoms with E-state index in [1.165, 1.54) is 6.07 Å². The average molecular weight is 613 g/mol. The van der Waals surface area contributed by atoms with E-state index < -0.39 is 26.5 Å². The molecule has 43 heavy (non-hydrogen) atoms. The Kier molecular flexibility index (Phi) is 8.91. The smallest absolute Gasteiger partial charge is 0.410 e. The van der Waals surface area contributed by atoms with Crippen LogP contribution in [0.3, 0.4) is 0 Å². The lowest BCUT2D eigenvalue weighted by Crippen LogP contribution is -2.43. The molecule has 2 saturated heterocycles. The highest BCUT2D eigenvalue weighted by atomic mass is 32.2. The summed E-state index contributed by atoms with van der Waals surface area (Å²) in [5, 5.41) is 0.406. The molecule has 1 aromatic carbocycles. The number of carbonyl (C=O) groups excluding carboxylic acids is 1. The highest BCUT2D eigenvalue weighted by molar-refractivity contribution is 7.92. The molecule has 0 spiro atoms. The predicted octanol–water partition coefficient (Wildman–Crippen LogP) is 6.17. The first-order chi connectivity index (χ1) is 20.2. The van der Waals surface area contributed by atoms with E-state index in [0.717, 1.165) is 86.5 Å². The molecule has 0 radical (unpaired) electrons. The van der Waals surface area contributed by atoms with Gasteiger partial charge in [-0.3, -0.25) is 4.98 Å². The Morgan fingerprint density at radius 2 is 1.79 bits per heavy atom. The number of aryl methyl sites for hydroxylation is 1. The molecule has 10 heteroatoms. The topological polar surface area (TPSA) is 84.7 Å². The number of halogens is 1. The van der Waals surface area contributed by atoms with Gasteiger partial charge in [0.05, 0.1) is 27.5 Å². The molecule has 0 aliphatic carbocycles. The van der Waals surface area contributed by atoms with Crippen LogP contribution in [0.2, 0.25) is 0 Å². The van der Waals surface area contributed by atoms with Crippen LogP contribution in [-0.4, -0.2) is 77.4 Å². The van der Waals surface area contributed by atoms with Crippen molar-refractivity contribution in [2.45, 2.75) is 83.0 Å². The number of rotatable bonds is 7. The van der Waals surface area contributed by atoms with Crippen LogP contribution in [0.4, 0.5) is 9.18 Å². The van der Waals surface area contributed by atoms with Crippen LogP contribution in [0.15, 0.2) is 41.7 Å². The summed E-state index contributed by atoms with van der Waals surface area (Å²) in [5.74, 6) is 0.462. The molecule has 0 bridgehead atoms. The highest BCUT2D eigenvalue weighted by Gasteiger charge is 2.31. The van der Waals surface area contributed by atoms with Crippen LogP contribution in [0.25, 0.3) is 16.6 Å². The van der Waals surface area contributed by atoms with Crippen molar-refractivity contribution in [2.24, 2.45) is 11.8 Å². The summed E-state index contributed by atoms with van der Waals surface area (Å²) >= 11 is 0. The van der Waals surface area contributed by atoms with Gasteiger partial charge in [0.15, 0.2) is 9.84 Å². The number of piperidine rings is 1. The van der Waals surface area contributed by atoms with Gasteiger partial charge in [-0.1, -0.05) is 0 Å². The lowest BCUT2D eigenvalue weighted by atomic mass is 9.96. The largest absolute Gasteiger partial charge is 0.444 e. The summed E-state index contributed by atoms with van der Waals surface area (Å²) in [6.07, 6.45) is 9.36. The first-order valence-electron chi connectivity index (χ1n) is 15.4. The van der Waals surface area contributed by atoms with Crippen molar-refractivity contribution in [3.8, 4) is 5.69 Å². The molecule has 0 saturated carbocycles. The molecule has 8 nitrogen and oxygen atoms in total. The van der Waals surface area contributed by atoms with Crippen molar-refractivity contribution >= 4 is 26.8 Å². The molecule has 0 N–H and O–H groups in total. The minimum Gasteiger partial charge on any atom is -0.444 e. The summed E-state index contributed by atoms with van der Waals surface area (Å²) in [5.41, 5.74) is 2.99. The fourth-order valence-corrected chi connectivity index (χ4v) is 7.75. The summed E-state index contributed by atoms with van der Waals surface area (Å²) in [6, 6.07) is 4.00. The lowest BCUT2D eigenvalue weighted by molar-refractivity contribution is 0.0172. The van der Waals surface area contributed by atoms with Crippen LogP contribution in [-0.2, 0) is 21.0 Å². The Hall–Kier alpha value is -2.98. The molecular formula is C33H45FN4O4S. The van der Waals surface area contributed by atoms with Crippen LogP contribution >= 0.6 is 0 Å². The first-order valence-corrected chi connectivity index (χ1v) is 17.0. The SMILES string of the molecule is Cc1cncc2c1c(CC1CCN(CC3CCN(C(=O)OC(C)(C)C)CC3)C1)cn2-c1ccc(F)cc1S(=O)(=O)C(C)C. The average Bonchev–Trinajstić information content (AvgIpc) is 3.53. The second-order valence-corrected chi connectivity index (χ2v) is 16.1. The van der Waals surface area contributed by atoms with Gasteiger partial charge in [-0.2, -0.15) is 0 Å². The fraction of sp³-hybridized carbons (Fsp3) is 0.576. The minimum atomic E-state index is -3.72. The van der Waals surface area contributed by atoms with E-state index in [1.807, 2.05) is 49.6 Å². The van der Waals surface area contributed by atoms with Gasteiger partial charge in [0.1, 0.15) is 11.4 Å². The van der Waals surface area contributed by atoms with E-state index in [4.69, 9.17) is 4.74 Å². The minimum absolute atomic E-state index is 0.00258. The van der Waals surface area contributed by atoms with Crippen LogP contribution < -0.4 is 0 Å². The summed E-state index contributed by atoms with van der Waals surface area (Å²) in [7, 11) is -3.72. The zero-order chi connectivity index (χ0) is 31.1. The Morgan fingerprint density at radius 1 is 1.09 bits per heavy atom. The van der Waals surface area contributed by atoms with Gasteiger partial charge >= 0.3 is 6.09 Å². The van der Waals surface area contributed by atoms with E-state index in [-0.39, 0.29) is 11.0 Å². The van der Waals surface area contributed by atoms with Gasteiger partial charge < -0.3 is 19.1 Å². The highest BCUT2D eigenvalue weighted by Crippen LogP contribution is 2.34. The summed E-state index contributed by atoms with van der Waals surface area (Å²) < 4.78 is 48.2. The molecule has 4 heterocycles. The number of fused-ring (bicyclic) bond motifs is 1. The third kappa shape index (κ3) is 6.90. The van der Waals surface area contributed by atoms with Crippen molar-refractivity contribution in [3.63, 3.8) is 0 Å². The van der Waals surface area contributed by atoms with E-state index in [0.29, 0.717) is 17.5 Å². The van der Waals surface area contributed by atoms with Crippen molar-refractivity contribution < 1.29 is 22.3 Å². The number of nitrogens with zero attached hydrogens (tertiary/aromatic N) is 4. The molecule has 2 fully saturated rings. The fourth-order valence-electron chi connectivity index (χ4n) is 6.51. The zero-order valence-corrected chi connectivity index (χ0v) is 27.1. The number of hydrogen-bond acceptors (Lipinski definition) is 6. The summed E-state index contributed by atoms with van der Waals surface area (Å²) in [4.78, 5) is 21.2. The van der Waals surface area contributed by atoms with Crippen molar-refractivity contribution in [1.82, 2.24) is 19.4 Å². The maximum atomic E-state index is 14.3. The molecule has 3 aromatic rings. The van der Waals surface area contributed by atoms with Gasteiger partial charge in [0, 0.05) is 44.0 Å². The molecule has 2 aliphatic rings. The molecule has 2 aromatic heterocycles. The number of sulfone groups is 1. The molecule has 1 amide bonds. The number of ether oxygens (including phenoxy) is 1. The van der Waals surface area contributed by atoms with Gasteiger partial charge in [-0.05, 0) is 115 Å². The predicted molar refractivity (Wildman–Crippen MR) is 167 cm³/mol. The monoisotopic (exact) mass is 612 g/mol. The van der Waals surface area contributed by atoms with Gasteiger partial charge in [-0.25, -0.2) is 17.6 Å². The Bertz CT molecular complexity index is 1590. The number of amides is 1. The Balaban J connectivity index is 1.30. The van der Waals surface area contributed by atoms with Gasteiger partial charge in [-0.15, -0.1) is 0 Å². The Morgan fingerprint density at radius 3 is 2.47 bits per heavy atom. The molecule has 234 valence electrons. The third-order valence-corrected chi connectivity index (χ3v) is 10.9. The van der Waals surface area contributed by atoms with E-state index >= 15 is 0 Å². The normalized spacial score (nSPS) is 19.1. The second-order valence-electron chi connectivity index (χ2n) is 13.6.